The fourth-order valence-electron chi connectivity index (χ4n) is 0.707. The van der Waals surface area contributed by atoms with E-state index in [-0.39, 0.29) is 0 Å². The minimum Gasteiger partial charge on any atom is -0.477 e. The van der Waals surface area contributed by atoms with E-state index in [1.807, 2.05) is 0 Å². The first-order valence-electron chi connectivity index (χ1n) is 2.87. The van der Waals surface area contributed by atoms with Crippen LogP contribution in [-0.2, 0) is 4.79 Å². The van der Waals surface area contributed by atoms with Crippen LogP contribution in [0.25, 0.3) is 0 Å². The van der Waals surface area contributed by atoms with Gasteiger partial charge < -0.3 is 5.11 Å². The number of carbonyl (C=O) groups is 1. The quantitative estimate of drug-likeness (QED) is 0.605. The van der Waals surface area contributed by atoms with Gasteiger partial charge in [0.05, 0.1) is 4.91 Å². The smallest absolute Gasteiger partial charge is 0.341 e. The van der Waals surface area contributed by atoms with Crippen LogP contribution in [0, 0.1) is 0 Å². The minimum atomic E-state index is -0.778. The summed E-state index contributed by atoms with van der Waals surface area (Å²) in [5.74, 6) is 0.178. The standard InChI is InChI=1S/C6H8O2S/c7-6(8)5-3-1-2-4-9-5/h3H,1-2,4H2,(H,7,8). The zero-order chi connectivity index (χ0) is 6.69. The first-order valence-corrected chi connectivity index (χ1v) is 3.85. The van der Waals surface area contributed by atoms with Gasteiger partial charge >= 0.3 is 5.97 Å². The van der Waals surface area contributed by atoms with E-state index in [9.17, 15) is 4.79 Å². The van der Waals surface area contributed by atoms with Crippen LogP contribution in [0.4, 0.5) is 0 Å². The lowest BCUT2D eigenvalue weighted by Crippen LogP contribution is -2.00. The molecule has 0 radical (unpaired) electrons. The van der Waals surface area contributed by atoms with E-state index in [1.54, 1.807) is 6.08 Å². The molecule has 2 nitrogen and oxygen atoms in total. The molecule has 0 aromatic heterocycles. The molecule has 0 fully saturated rings. The van der Waals surface area contributed by atoms with Crippen molar-refractivity contribution >= 4 is 17.7 Å². The molecular formula is C6H8O2S. The number of hydrogen-bond donors (Lipinski definition) is 1. The summed E-state index contributed by atoms with van der Waals surface area (Å²) in [7, 11) is 0. The molecule has 0 aromatic rings. The molecule has 1 rings (SSSR count). The maximum absolute atomic E-state index is 10.3. The van der Waals surface area contributed by atoms with E-state index in [4.69, 9.17) is 5.11 Å². The molecule has 1 N–H and O–H groups in total. The predicted molar refractivity (Wildman–Crippen MR) is 37.4 cm³/mol. The number of thioether (sulfide) groups is 1. The fourth-order valence-corrected chi connectivity index (χ4v) is 1.60. The van der Waals surface area contributed by atoms with Gasteiger partial charge in [0.2, 0.25) is 0 Å². The molecule has 0 saturated heterocycles. The normalized spacial score (nSPS) is 18.9. The molecule has 0 atom stereocenters. The average molecular weight is 144 g/mol. The van der Waals surface area contributed by atoms with Crippen LogP contribution in [0.2, 0.25) is 0 Å². The Labute approximate surface area is 57.9 Å². The number of hydrogen-bond acceptors (Lipinski definition) is 2. The van der Waals surface area contributed by atoms with E-state index in [2.05, 4.69) is 0 Å². The number of allylic oxidation sites excluding steroid dienone is 1. The Morgan fingerprint density at radius 2 is 2.56 bits per heavy atom. The second-order valence-electron chi connectivity index (χ2n) is 1.86. The molecule has 9 heavy (non-hydrogen) atoms. The molecule has 0 bridgehead atoms. The summed E-state index contributed by atoms with van der Waals surface area (Å²) < 4.78 is 0. The first-order chi connectivity index (χ1) is 4.30. The Kier molecular flexibility index (Phi) is 2.16. The predicted octanol–water partition coefficient (Wildman–Crippen LogP) is 1.48. The van der Waals surface area contributed by atoms with Gasteiger partial charge in [0.15, 0.2) is 0 Å². The van der Waals surface area contributed by atoms with Crippen molar-refractivity contribution in [2.75, 3.05) is 5.75 Å². The lowest BCUT2D eigenvalue weighted by molar-refractivity contribution is -0.131. The van der Waals surface area contributed by atoms with Crippen LogP contribution in [0.15, 0.2) is 11.0 Å². The molecule has 0 unspecified atom stereocenters. The van der Waals surface area contributed by atoms with Crippen LogP contribution in [0.1, 0.15) is 12.8 Å². The van der Waals surface area contributed by atoms with Gasteiger partial charge in [-0.3, -0.25) is 0 Å². The third-order valence-electron chi connectivity index (χ3n) is 1.15. The Balaban J connectivity index is 2.57. The van der Waals surface area contributed by atoms with E-state index < -0.39 is 5.97 Å². The molecule has 1 heterocycles. The number of carboxylic acids is 1. The zero-order valence-electron chi connectivity index (χ0n) is 4.96. The van der Waals surface area contributed by atoms with Crippen LogP contribution >= 0.6 is 11.8 Å². The van der Waals surface area contributed by atoms with Gasteiger partial charge in [-0.05, 0) is 18.6 Å². The van der Waals surface area contributed by atoms with Gasteiger partial charge in [0.25, 0.3) is 0 Å². The largest absolute Gasteiger partial charge is 0.477 e. The molecule has 50 valence electrons. The summed E-state index contributed by atoms with van der Waals surface area (Å²) in [4.78, 5) is 10.8. The molecule has 3 heteroatoms. The van der Waals surface area contributed by atoms with Crippen LogP contribution in [0.3, 0.4) is 0 Å². The number of carboxylic acid groups (broad SMARTS) is 1. The van der Waals surface area contributed by atoms with Crippen molar-refractivity contribution in [3.8, 4) is 0 Å². The highest BCUT2D eigenvalue weighted by Crippen LogP contribution is 2.23. The highest BCUT2D eigenvalue weighted by Gasteiger charge is 2.09. The molecular weight excluding hydrogens is 136 g/mol. The Morgan fingerprint density at radius 3 is 2.89 bits per heavy atom. The molecule has 0 saturated carbocycles. The highest BCUT2D eigenvalue weighted by atomic mass is 32.2. The molecule has 0 aromatic carbocycles. The molecule has 1 aliphatic heterocycles. The third-order valence-corrected chi connectivity index (χ3v) is 2.29. The summed E-state index contributed by atoms with van der Waals surface area (Å²) in [5, 5.41) is 8.45. The molecule has 0 spiro atoms. The van der Waals surface area contributed by atoms with Crippen LogP contribution < -0.4 is 0 Å². The maximum Gasteiger partial charge on any atom is 0.341 e. The van der Waals surface area contributed by atoms with Crippen molar-refractivity contribution in [1.29, 1.82) is 0 Å². The summed E-state index contributed by atoms with van der Waals surface area (Å²) in [6, 6.07) is 0. The van der Waals surface area contributed by atoms with E-state index in [0.29, 0.717) is 4.91 Å². The lowest BCUT2D eigenvalue weighted by atomic mass is 10.3. The topological polar surface area (TPSA) is 37.3 Å². The van der Waals surface area contributed by atoms with Gasteiger partial charge in [-0.1, -0.05) is 6.08 Å². The van der Waals surface area contributed by atoms with Crippen molar-refractivity contribution < 1.29 is 9.90 Å². The van der Waals surface area contributed by atoms with E-state index >= 15 is 0 Å². The average Bonchev–Trinajstić information content (AvgIpc) is 1.90. The second kappa shape index (κ2) is 2.92. The van der Waals surface area contributed by atoms with Crippen molar-refractivity contribution in [2.45, 2.75) is 12.8 Å². The summed E-state index contributed by atoms with van der Waals surface area (Å²) >= 11 is 1.43. The number of rotatable bonds is 1. The van der Waals surface area contributed by atoms with E-state index in [0.717, 1.165) is 18.6 Å². The molecule has 0 aliphatic carbocycles. The van der Waals surface area contributed by atoms with E-state index in [1.165, 1.54) is 11.8 Å². The Morgan fingerprint density at radius 1 is 1.78 bits per heavy atom. The van der Waals surface area contributed by atoms with Crippen molar-refractivity contribution in [1.82, 2.24) is 0 Å². The van der Waals surface area contributed by atoms with Gasteiger partial charge in [-0.25, -0.2) is 4.79 Å². The van der Waals surface area contributed by atoms with Crippen molar-refractivity contribution in [2.24, 2.45) is 0 Å². The van der Waals surface area contributed by atoms with Crippen LogP contribution in [-0.4, -0.2) is 16.8 Å². The summed E-state index contributed by atoms with van der Waals surface area (Å²) in [5.41, 5.74) is 0. The third kappa shape index (κ3) is 1.75. The Hall–Kier alpha value is -0.440. The minimum absolute atomic E-state index is 0.515. The number of aliphatic carboxylic acids is 1. The van der Waals surface area contributed by atoms with Gasteiger partial charge in [0, 0.05) is 0 Å². The molecule has 0 amide bonds. The summed E-state index contributed by atoms with van der Waals surface area (Å²) in [6.07, 6.45) is 3.83. The van der Waals surface area contributed by atoms with Crippen molar-refractivity contribution in [3.05, 3.63) is 11.0 Å². The van der Waals surface area contributed by atoms with Gasteiger partial charge in [-0.2, -0.15) is 0 Å². The van der Waals surface area contributed by atoms with Crippen LogP contribution in [0.5, 0.6) is 0 Å². The Bertz CT molecular complexity index is 151. The van der Waals surface area contributed by atoms with Gasteiger partial charge in [0.1, 0.15) is 0 Å². The van der Waals surface area contributed by atoms with Gasteiger partial charge in [-0.15, -0.1) is 11.8 Å². The molecule has 1 aliphatic rings. The zero-order valence-corrected chi connectivity index (χ0v) is 5.78. The fraction of sp³-hybridized carbons (Fsp3) is 0.500. The maximum atomic E-state index is 10.3. The monoisotopic (exact) mass is 144 g/mol. The second-order valence-corrected chi connectivity index (χ2v) is 3.00. The first kappa shape index (κ1) is 6.68. The SMILES string of the molecule is O=C(O)C1=CCCCS1. The van der Waals surface area contributed by atoms with Crippen molar-refractivity contribution in [3.63, 3.8) is 0 Å². The lowest BCUT2D eigenvalue weighted by Gasteiger charge is -2.06. The summed E-state index contributed by atoms with van der Waals surface area (Å²) in [6.45, 7) is 0. The highest BCUT2D eigenvalue weighted by molar-refractivity contribution is 8.04.